The highest BCUT2D eigenvalue weighted by Crippen LogP contribution is 2.27. The molecule has 0 amide bonds. The first-order chi connectivity index (χ1) is 6.75. The van der Waals surface area contributed by atoms with Gasteiger partial charge in [-0.1, -0.05) is 11.6 Å². The second-order valence-electron chi connectivity index (χ2n) is 3.75. The second-order valence-corrected chi connectivity index (χ2v) is 5.43. The van der Waals surface area contributed by atoms with Crippen molar-refractivity contribution in [3.63, 3.8) is 0 Å². The molecule has 0 spiro atoms. The van der Waals surface area contributed by atoms with Crippen LogP contribution in [-0.4, -0.2) is 13.1 Å². The van der Waals surface area contributed by atoms with Gasteiger partial charge in [-0.05, 0) is 71.7 Å². The third kappa shape index (κ3) is 2.61. The number of nitrogens with one attached hydrogen (secondary N) is 1. The van der Waals surface area contributed by atoms with Gasteiger partial charge in [0, 0.05) is 15.1 Å². The number of rotatable bonds is 1. The van der Waals surface area contributed by atoms with Crippen molar-refractivity contribution in [1.82, 2.24) is 5.32 Å². The molecule has 1 heterocycles. The van der Waals surface area contributed by atoms with Crippen molar-refractivity contribution in [1.29, 1.82) is 0 Å². The highest BCUT2D eigenvalue weighted by Gasteiger charge is 2.15. The van der Waals surface area contributed by atoms with Crippen LogP contribution in [0, 0.1) is 3.57 Å². The third-order valence-electron chi connectivity index (χ3n) is 2.65. The lowest BCUT2D eigenvalue weighted by molar-refractivity contribution is 0.461. The Balaban J connectivity index is 2.21. The fraction of sp³-hybridized carbons (Fsp3) is 0.455. The molecule has 76 valence electrons. The lowest BCUT2D eigenvalue weighted by Gasteiger charge is -2.23. The van der Waals surface area contributed by atoms with Gasteiger partial charge in [0.05, 0.1) is 0 Å². The van der Waals surface area contributed by atoms with E-state index in [1.807, 2.05) is 6.07 Å². The van der Waals surface area contributed by atoms with Gasteiger partial charge in [0.25, 0.3) is 0 Å². The molecule has 1 saturated heterocycles. The lowest BCUT2D eigenvalue weighted by atomic mass is 9.92. The monoisotopic (exact) mass is 321 g/mol. The Hall–Kier alpha value is 0.200. The summed E-state index contributed by atoms with van der Waals surface area (Å²) in [6.45, 7) is 2.25. The van der Waals surface area contributed by atoms with Crippen LogP contribution < -0.4 is 5.32 Å². The van der Waals surface area contributed by atoms with E-state index >= 15 is 0 Å². The first-order valence-corrected chi connectivity index (χ1v) is 6.38. The summed E-state index contributed by atoms with van der Waals surface area (Å²) < 4.78 is 1.23. The highest BCUT2D eigenvalue weighted by molar-refractivity contribution is 14.1. The minimum atomic E-state index is 0.649. The Morgan fingerprint density at radius 1 is 1.36 bits per heavy atom. The Labute approximate surface area is 103 Å². The van der Waals surface area contributed by atoms with Crippen molar-refractivity contribution in [2.75, 3.05) is 13.1 Å². The van der Waals surface area contributed by atoms with Gasteiger partial charge in [-0.2, -0.15) is 0 Å². The molecule has 1 nitrogen and oxygen atoms in total. The zero-order chi connectivity index (χ0) is 9.97. The van der Waals surface area contributed by atoms with Crippen LogP contribution in [-0.2, 0) is 0 Å². The molecular formula is C11H13ClIN. The molecule has 1 aromatic carbocycles. The zero-order valence-corrected chi connectivity index (χ0v) is 10.8. The SMILES string of the molecule is Clc1cc(I)cc(C2CCCNC2)c1. The number of hydrogen-bond acceptors (Lipinski definition) is 1. The minimum absolute atomic E-state index is 0.649. The molecule has 0 aromatic heterocycles. The molecule has 0 aliphatic carbocycles. The van der Waals surface area contributed by atoms with E-state index in [9.17, 15) is 0 Å². The maximum Gasteiger partial charge on any atom is 0.0419 e. The molecule has 0 saturated carbocycles. The van der Waals surface area contributed by atoms with Crippen LogP contribution in [0.15, 0.2) is 18.2 Å². The predicted molar refractivity (Wildman–Crippen MR) is 69.0 cm³/mol. The van der Waals surface area contributed by atoms with Gasteiger partial charge in [0.15, 0.2) is 0 Å². The van der Waals surface area contributed by atoms with E-state index < -0.39 is 0 Å². The zero-order valence-electron chi connectivity index (χ0n) is 7.89. The van der Waals surface area contributed by atoms with Crippen LogP contribution in [0.25, 0.3) is 0 Å². The van der Waals surface area contributed by atoms with Crippen molar-refractivity contribution in [3.05, 3.63) is 32.4 Å². The largest absolute Gasteiger partial charge is 0.316 e. The summed E-state index contributed by atoms with van der Waals surface area (Å²) in [6, 6.07) is 6.34. The summed E-state index contributed by atoms with van der Waals surface area (Å²) in [5.41, 5.74) is 1.38. The fourth-order valence-electron chi connectivity index (χ4n) is 1.95. The molecule has 1 unspecified atom stereocenters. The highest BCUT2D eigenvalue weighted by atomic mass is 127. The molecule has 1 aliphatic rings. The topological polar surface area (TPSA) is 12.0 Å². The number of hydrogen-bond donors (Lipinski definition) is 1. The van der Waals surface area contributed by atoms with E-state index in [2.05, 4.69) is 40.0 Å². The van der Waals surface area contributed by atoms with Crippen LogP contribution in [0.2, 0.25) is 5.02 Å². The lowest BCUT2D eigenvalue weighted by Crippen LogP contribution is -2.28. The summed E-state index contributed by atoms with van der Waals surface area (Å²) in [5.74, 6) is 0.649. The van der Waals surface area contributed by atoms with Gasteiger partial charge in [-0.15, -0.1) is 0 Å². The van der Waals surface area contributed by atoms with E-state index in [-0.39, 0.29) is 0 Å². The standard InChI is InChI=1S/C11H13ClIN/c12-10-4-9(5-11(13)6-10)8-2-1-3-14-7-8/h4-6,8,14H,1-3,7H2. The normalized spacial score (nSPS) is 22.3. The average Bonchev–Trinajstić information content (AvgIpc) is 2.18. The predicted octanol–water partition coefficient (Wildman–Crippen LogP) is 3.41. The van der Waals surface area contributed by atoms with Crippen LogP contribution in [0.4, 0.5) is 0 Å². The minimum Gasteiger partial charge on any atom is -0.316 e. The quantitative estimate of drug-likeness (QED) is 0.782. The average molecular weight is 322 g/mol. The third-order valence-corrected chi connectivity index (χ3v) is 3.49. The smallest absolute Gasteiger partial charge is 0.0419 e. The Bertz CT molecular complexity index is 301. The summed E-state index contributed by atoms with van der Waals surface area (Å²) in [6.07, 6.45) is 2.55. The Morgan fingerprint density at radius 2 is 2.21 bits per heavy atom. The first-order valence-electron chi connectivity index (χ1n) is 4.92. The van der Waals surface area contributed by atoms with Crippen molar-refractivity contribution < 1.29 is 0 Å². The maximum absolute atomic E-state index is 6.04. The molecule has 1 aliphatic heterocycles. The van der Waals surface area contributed by atoms with E-state index in [1.54, 1.807) is 0 Å². The van der Waals surface area contributed by atoms with Gasteiger partial charge >= 0.3 is 0 Å². The van der Waals surface area contributed by atoms with Gasteiger partial charge in [0.1, 0.15) is 0 Å². The molecule has 1 N–H and O–H groups in total. The fourth-order valence-corrected chi connectivity index (χ4v) is 3.07. The van der Waals surface area contributed by atoms with Crippen molar-refractivity contribution in [2.45, 2.75) is 18.8 Å². The number of halogens is 2. The molecule has 1 atom stereocenters. The van der Waals surface area contributed by atoms with E-state index in [0.717, 1.165) is 18.1 Å². The van der Waals surface area contributed by atoms with Crippen LogP contribution in [0.1, 0.15) is 24.3 Å². The molecule has 0 radical (unpaired) electrons. The first kappa shape index (κ1) is 10.7. The summed E-state index contributed by atoms with van der Waals surface area (Å²) >= 11 is 8.37. The molecule has 0 bridgehead atoms. The number of benzene rings is 1. The molecule has 3 heteroatoms. The van der Waals surface area contributed by atoms with Crippen molar-refractivity contribution in [2.24, 2.45) is 0 Å². The number of piperidine rings is 1. The van der Waals surface area contributed by atoms with E-state index in [0.29, 0.717) is 5.92 Å². The molecule has 14 heavy (non-hydrogen) atoms. The summed E-state index contributed by atoms with van der Waals surface area (Å²) in [7, 11) is 0. The maximum atomic E-state index is 6.04. The van der Waals surface area contributed by atoms with Crippen LogP contribution >= 0.6 is 34.2 Å². The van der Waals surface area contributed by atoms with Gasteiger partial charge < -0.3 is 5.32 Å². The molecule has 2 rings (SSSR count). The molecular weight excluding hydrogens is 308 g/mol. The molecule has 1 aromatic rings. The Morgan fingerprint density at radius 3 is 2.86 bits per heavy atom. The second kappa shape index (κ2) is 4.81. The van der Waals surface area contributed by atoms with Gasteiger partial charge in [-0.25, -0.2) is 0 Å². The van der Waals surface area contributed by atoms with Crippen molar-refractivity contribution >= 4 is 34.2 Å². The van der Waals surface area contributed by atoms with E-state index in [4.69, 9.17) is 11.6 Å². The van der Waals surface area contributed by atoms with Gasteiger partial charge in [0.2, 0.25) is 0 Å². The van der Waals surface area contributed by atoms with E-state index in [1.165, 1.54) is 22.0 Å². The summed E-state index contributed by atoms with van der Waals surface area (Å²) in [5, 5.41) is 4.29. The van der Waals surface area contributed by atoms with Crippen LogP contribution in [0.5, 0.6) is 0 Å². The summed E-state index contributed by atoms with van der Waals surface area (Å²) in [4.78, 5) is 0. The van der Waals surface area contributed by atoms with Crippen molar-refractivity contribution in [3.8, 4) is 0 Å². The van der Waals surface area contributed by atoms with Gasteiger partial charge in [-0.3, -0.25) is 0 Å². The molecule has 1 fully saturated rings. The Kier molecular flexibility index (Phi) is 3.68. The van der Waals surface area contributed by atoms with Crippen LogP contribution in [0.3, 0.4) is 0 Å².